The Kier molecular flexibility index (Phi) is 2.74. The van der Waals surface area contributed by atoms with Gasteiger partial charge in [-0.3, -0.25) is 4.79 Å². The lowest BCUT2D eigenvalue weighted by Crippen LogP contribution is -1.93. The summed E-state index contributed by atoms with van der Waals surface area (Å²) in [5, 5.41) is 0.708. The fourth-order valence-electron chi connectivity index (χ4n) is 1.64. The monoisotopic (exact) mass is 218 g/mol. The van der Waals surface area contributed by atoms with E-state index in [-0.39, 0.29) is 5.78 Å². The molecule has 0 heterocycles. The Morgan fingerprint density at radius 3 is 2.40 bits per heavy atom. The molecule has 0 bridgehead atoms. The fraction of sp³-hybridized carbons (Fsp3) is 0.154. The van der Waals surface area contributed by atoms with Gasteiger partial charge in [0.05, 0.1) is 0 Å². The SMILES string of the molecule is C=C1CC/C(=C\c2ccc(Cl)cc2)C1=O. The van der Waals surface area contributed by atoms with Gasteiger partial charge in [0.1, 0.15) is 0 Å². The van der Waals surface area contributed by atoms with Crippen molar-refractivity contribution in [3.8, 4) is 0 Å². The highest BCUT2D eigenvalue weighted by Crippen LogP contribution is 2.26. The molecule has 76 valence electrons. The Morgan fingerprint density at radius 1 is 1.20 bits per heavy atom. The van der Waals surface area contributed by atoms with Gasteiger partial charge in [-0.2, -0.15) is 0 Å². The second kappa shape index (κ2) is 4.03. The van der Waals surface area contributed by atoms with Crippen molar-refractivity contribution in [2.24, 2.45) is 0 Å². The second-order valence-electron chi connectivity index (χ2n) is 3.65. The second-order valence-corrected chi connectivity index (χ2v) is 4.09. The van der Waals surface area contributed by atoms with Crippen LogP contribution in [0.1, 0.15) is 18.4 Å². The van der Waals surface area contributed by atoms with Crippen LogP contribution in [0.15, 0.2) is 42.0 Å². The standard InChI is InChI=1S/C13H11ClO/c1-9-2-5-11(13(9)15)8-10-3-6-12(14)7-4-10/h3-4,6-8H,1-2,5H2/b11-8+. The van der Waals surface area contributed by atoms with Crippen LogP contribution in [0, 0.1) is 0 Å². The molecule has 0 aliphatic heterocycles. The van der Waals surface area contributed by atoms with Crippen molar-refractivity contribution in [3.05, 3.63) is 52.6 Å². The summed E-state index contributed by atoms with van der Waals surface area (Å²) in [6.45, 7) is 3.73. The number of rotatable bonds is 1. The number of carbonyl (C=O) groups is 1. The van der Waals surface area contributed by atoms with Crippen molar-refractivity contribution in [2.75, 3.05) is 0 Å². The molecule has 0 atom stereocenters. The lowest BCUT2D eigenvalue weighted by Gasteiger charge is -1.96. The maximum atomic E-state index is 11.6. The van der Waals surface area contributed by atoms with Crippen LogP contribution in [0.5, 0.6) is 0 Å². The van der Waals surface area contributed by atoms with E-state index in [2.05, 4.69) is 6.58 Å². The number of ketones is 1. The average Bonchev–Trinajstić information content (AvgIpc) is 2.53. The smallest absolute Gasteiger partial charge is 0.184 e. The Labute approximate surface area is 94.1 Å². The van der Waals surface area contributed by atoms with Gasteiger partial charge in [-0.05, 0) is 42.2 Å². The van der Waals surface area contributed by atoms with Crippen LogP contribution in [0.2, 0.25) is 5.02 Å². The normalized spacial score (nSPS) is 18.9. The molecule has 1 aromatic carbocycles. The van der Waals surface area contributed by atoms with Crippen molar-refractivity contribution in [3.63, 3.8) is 0 Å². The number of carbonyl (C=O) groups excluding carboxylic acids is 1. The van der Waals surface area contributed by atoms with E-state index in [0.29, 0.717) is 5.02 Å². The fourth-order valence-corrected chi connectivity index (χ4v) is 1.76. The van der Waals surface area contributed by atoms with E-state index in [1.54, 1.807) is 0 Å². The zero-order valence-electron chi connectivity index (χ0n) is 8.29. The van der Waals surface area contributed by atoms with E-state index in [9.17, 15) is 4.79 Å². The van der Waals surface area contributed by atoms with Gasteiger partial charge in [-0.25, -0.2) is 0 Å². The van der Waals surface area contributed by atoms with Gasteiger partial charge in [0.15, 0.2) is 5.78 Å². The Balaban J connectivity index is 2.27. The van der Waals surface area contributed by atoms with E-state index in [1.165, 1.54) is 0 Å². The minimum absolute atomic E-state index is 0.102. The van der Waals surface area contributed by atoms with Crippen LogP contribution in [0.3, 0.4) is 0 Å². The molecule has 0 radical (unpaired) electrons. The molecule has 1 aromatic rings. The molecule has 2 heteroatoms. The molecule has 1 fully saturated rings. The lowest BCUT2D eigenvalue weighted by molar-refractivity contribution is -0.111. The van der Waals surface area contributed by atoms with E-state index < -0.39 is 0 Å². The molecular weight excluding hydrogens is 208 g/mol. The predicted octanol–water partition coefficient (Wildman–Crippen LogP) is 3.64. The van der Waals surface area contributed by atoms with Crippen LogP contribution in [-0.4, -0.2) is 5.78 Å². The number of benzene rings is 1. The summed E-state index contributed by atoms with van der Waals surface area (Å²) in [6.07, 6.45) is 3.51. The predicted molar refractivity (Wildman–Crippen MR) is 62.8 cm³/mol. The van der Waals surface area contributed by atoms with Crippen LogP contribution in [0.25, 0.3) is 6.08 Å². The van der Waals surface area contributed by atoms with Gasteiger partial charge in [0.25, 0.3) is 0 Å². The Morgan fingerprint density at radius 2 is 1.87 bits per heavy atom. The van der Waals surface area contributed by atoms with E-state index in [1.807, 2.05) is 30.3 Å². The largest absolute Gasteiger partial charge is 0.289 e. The highest BCUT2D eigenvalue weighted by Gasteiger charge is 2.20. The summed E-state index contributed by atoms with van der Waals surface area (Å²) in [5.74, 6) is 0.102. The number of allylic oxidation sites excluding steroid dienone is 2. The average molecular weight is 219 g/mol. The van der Waals surface area contributed by atoms with E-state index >= 15 is 0 Å². The zero-order valence-corrected chi connectivity index (χ0v) is 9.05. The van der Waals surface area contributed by atoms with E-state index in [0.717, 1.165) is 29.6 Å². The quantitative estimate of drug-likeness (QED) is 0.658. The van der Waals surface area contributed by atoms with Crippen molar-refractivity contribution in [1.82, 2.24) is 0 Å². The molecule has 15 heavy (non-hydrogen) atoms. The van der Waals surface area contributed by atoms with Crippen LogP contribution >= 0.6 is 11.6 Å². The summed E-state index contributed by atoms with van der Waals surface area (Å²) in [7, 11) is 0. The molecule has 0 unspecified atom stereocenters. The Bertz CT molecular complexity index is 440. The van der Waals surface area contributed by atoms with Gasteiger partial charge in [0, 0.05) is 10.6 Å². The molecule has 1 aliphatic carbocycles. The van der Waals surface area contributed by atoms with Crippen molar-refractivity contribution < 1.29 is 4.79 Å². The number of hydrogen-bond acceptors (Lipinski definition) is 1. The third kappa shape index (κ3) is 2.18. The number of hydrogen-bond donors (Lipinski definition) is 0. The molecule has 0 amide bonds. The van der Waals surface area contributed by atoms with Gasteiger partial charge < -0.3 is 0 Å². The first-order valence-corrected chi connectivity index (χ1v) is 5.23. The molecule has 1 nitrogen and oxygen atoms in total. The van der Waals surface area contributed by atoms with Gasteiger partial charge in [-0.15, -0.1) is 0 Å². The van der Waals surface area contributed by atoms with Crippen LogP contribution < -0.4 is 0 Å². The third-order valence-electron chi connectivity index (χ3n) is 2.52. The summed E-state index contributed by atoms with van der Waals surface area (Å²) in [4.78, 5) is 11.6. The van der Waals surface area contributed by atoms with Crippen LogP contribution in [-0.2, 0) is 4.79 Å². The molecule has 1 aliphatic rings. The topological polar surface area (TPSA) is 17.1 Å². The molecule has 0 saturated heterocycles. The summed E-state index contributed by atoms with van der Waals surface area (Å²) in [6, 6.07) is 7.46. The number of halogens is 1. The van der Waals surface area contributed by atoms with Crippen molar-refractivity contribution in [2.45, 2.75) is 12.8 Å². The summed E-state index contributed by atoms with van der Waals surface area (Å²) < 4.78 is 0. The Hall–Kier alpha value is -1.34. The zero-order chi connectivity index (χ0) is 10.8. The molecule has 0 N–H and O–H groups in total. The first-order chi connectivity index (χ1) is 7.16. The molecule has 0 aromatic heterocycles. The molecule has 0 spiro atoms. The minimum atomic E-state index is 0.102. The first-order valence-electron chi connectivity index (χ1n) is 4.85. The lowest BCUT2D eigenvalue weighted by atomic mass is 10.1. The number of Topliss-reactive ketones (excluding diaryl/α,β-unsaturated/α-hetero) is 1. The van der Waals surface area contributed by atoms with Gasteiger partial charge in [-0.1, -0.05) is 30.3 Å². The van der Waals surface area contributed by atoms with Crippen LogP contribution in [0.4, 0.5) is 0 Å². The maximum Gasteiger partial charge on any atom is 0.184 e. The van der Waals surface area contributed by atoms with Crippen molar-refractivity contribution in [1.29, 1.82) is 0 Å². The van der Waals surface area contributed by atoms with Crippen molar-refractivity contribution >= 4 is 23.5 Å². The highest BCUT2D eigenvalue weighted by atomic mass is 35.5. The van der Waals surface area contributed by atoms with Gasteiger partial charge in [0.2, 0.25) is 0 Å². The first kappa shape index (κ1) is 10.2. The minimum Gasteiger partial charge on any atom is -0.289 e. The summed E-state index contributed by atoms with van der Waals surface area (Å²) in [5.41, 5.74) is 2.58. The highest BCUT2D eigenvalue weighted by molar-refractivity contribution is 6.30. The third-order valence-corrected chi connectivity index (χ3v) is 2.77. The maximum absolute atomic E-state index is 11.6. The molecule has 1 saturated carbocycles. The molecule has 2 rings (SSSR count). The van der Waals surface area contributed by atoms with Gasteiger partial charge >= 0.3 is 0 Å². The summed E-state index contributed by atoms with van der Waals surface area (Å²) >= 11 is 5.78. The molecular formula is C13H11ClO. The van der Waals surface area contributed by atoms with E-state index in [4.69, 9.17) is 11.6 Å².